The minimum atomic E-state index is -1.33. The number of nitrogens with one attached hydrogen (secondary N) is 2. The average molecular weight is 574 g/mol. The van der Waals surface area contributed by atoms with Gasteiger partial charge in [0.05, 0.1) is 18.1 Å². The van der Waals surface area contributed by atoms with Crippen LogP contribution in [0.5, 0.6) is 0 Å². The number of rotatable bonds is 6. The summed E-state index contributed by atoms with van der Waals surface area (Å²) in [4.78, 5) is 14.4. The molecule has 9 unspecified atom stereocenters. The van der Waals surface area contributed by atoms with Gasteiger partial charge in [0.2, 0.25) is 0 Å². The molecule has 0 aromatic heterocycles. The molecule has 0 saturated carbocycles. The van der Waals surface area contributed by atoms with Gasteiger partial charge in [-0.15, -0.1) is 5.92 Å². The topological polar surface area (TPSA) is 114 Å². The van der Waals surface area contributed by atoms with Crippen LogP contribution in [0, 0.1) is 29.6 Å². The summed E-state index contributed by atoms with van der Waals surface area (Å²) >= 11 is 0. The van der Waals surface area contributed by atoms with Crippen LogP contribution < -0.4 is 10.6 Å². The molecular formula is C33H55N3O5. The zero-order valence-corrected chi connectivity index (χ0v) is 25.3. The van der Waals surface area contributed by atoms with Crippen LogP contribution in [0.15, 0.2) is 0 Å². The van der Waals surface area contributed by atoms with Gasteiger partial charge in [0.1, 0.15) is 0 Å². The Morgan fingerprint density at radius 1 is 1.10 bits per heavy atom. The summed E-state index contributed by atoms with van der Waals surface area (Å²) in [5.74, 6) is 7.15. The van der Waals surface area contributed by atoms with Crippen LogP contribution in [-0.4, -0.2) is 94.4 Å². The SMILES string of the molecule is CC12CCNC(CC#CC(CCC3CCN4C(CCC5OCCCC54)C3)CC(CO)CCC(O)(CC(=O)O)CN1)C2. The van der Waals surface area contributed by atoms with Crippen molar-refractivity contribution in [2.24, 2.45) is 17.8 Å². The number of hydrogen-bond donors (Lipinski definition) is 5. The lowest BCUT2D eigenvalue weighted by atomic mass is 9.77. The minimum Gasteiger partial charge on any atom is -0.481 e. The summed E-state index contributed by atoms with van der Waals surface area (Å²) in [7, 11) is 0. The number of fused-ring (bicyclic) bond motifs is 5. The number of aliphatic hydroxyl groups is 2. The molecule has 0 aromatic carbocycles. The van der Waals surface area contributed by atoms with E-state index < -0.39 is 11.6 Å². The van der Waals surface area contributed by atoms with E-state index in [2.05, 4.69) is 34.3 Å². The predicted octanol–water partition coefficient (Wildman–Crippen LogP) is 3.30. The average Bonchev–Trinajstić information content (AvgIpc) is 2.96. The highest BCUT2D eigenvalue weighted by atomic mass is 16.5. The Balaban J connectivity index is 1.23. The van der Waals surface area contributed by atoms with Crippen molar-refractivity contribution < 1.29 is 24.9 Å². The van der Waals surface area contributed by atoms with Crippen molar-refractivity contribution >= 4 is 5.97 Å². The Morgan fingerprint density at radius 2 is 1.98 bits per heavy atom. The fourth-order valence-electron chi connectivity index (χ4n) is 8.62. The van der Waals surface area contributed by atoms with Crippen molar-refractivity contribution in [3.63, 3.8) is 0 Å². The number of hydrogen-bond acceptors (Lipinski definition) is 7. The number of carbonyl (C=O) groups is 1. The Bertz CT molecular complexity index is 938. The van der Waals surface area contributed by atoms with E-state index in [0.29, 0.717) is 31.0 Å². The van der Waals surface area contributed by atoms with Gasteiger partial charge in [-0.2, -0.15) is 0 Å². The van der Waals surface area contributed by atoms with Crippen LogP contribution in [-0.2, 0) is 9.53 Å². The van der Waals surface area contributed by atoms with Gasteiger partial charge in [0.25, 0.3) is 0 Å². The molecule has 9 atom stereocenters. The Labute approximate surface area is 247 Å². The number of piperidine rings is 3. The molecule has 8 heteroatoms. The maximum absolute atomic E-state index is 11.7. The van der Waals surface area contributed by atoms with Crippen molar-refractivity contribution in [2.75, 3.05) is 32.8 Å². The quantitative estimate of drug-likeness (QED) is 0.308. The summed E-state index contributed by atoms with van der Waals surface area (Å²) in [5.41, 5.74) is -1.49. The van der Waals surface area contributed by atoms with Gasteiger partial charge in [-0.05, 0) is 115 Å². The number of carboxylic acids is 1. The third-order valence-electron chi connectivity index (χ3n) is 11.1. The second kappa shape index (κ2) is 14.1. The van der Waals surface area contributed by atoms with Crippen molar-refractivity contribution in [1.29, 1.82) is 0 Å². The molecule has 4 fully saturated rings. The molecule has 0 radical (unpaired) electrons. The van der Waals surface area contributed by atoms with E-state index in [4.69, 9.17) is 4.74 Å². The van der Waals surface area contributed by atoms with E-state index >= 15 is 0 Å². The summed E-state index contributed by atoms with van der Waals surface area (Å²) in [6.45, 7) is 5.49. The van der Waals surface area contributed by atoms with Crippen molar-refractivity contribution in [3.8, 4) is 11.8 Å². The van der Waals surface area contributed by atoms with Gasteiger partial charge in [0.15, 0.2) is 0 Å². The highest BCUT2D eigenvalue weighted by Crippen LogP contribution is 2.39. The normalized spacial score (nSPS) is 42.6. The van der Waals surface area contributed by atoms with E-state index in [1.807, 2.05) is 0 Å². The molecule has 41 heavy (non-hydrogen) atoms. The lowest BCUT2D eigenvalue weighted by Gasteiger charge is -2.51. The molecule has 5 aliphatic rings. The molecule has 5 heterocycles. The summed E-state index contributed by atoms with van der Waals surface area (Å²) in [5, 5.41) is 38.4. The van der Waals surface area contributed by atoms with Crippen molar-refractivity contribution in [1.82, 2.24) is 15.5 Å². The molecule has 5 N–H and O–H groups in total. The molecule has 8 nitrogen and oxygen atoms in total. The largest absolute Gasteiger partial charge is 0.481 e. The molecule has 0 amide bonds. The molecule has 5 aliphatic heterocycles. The molecule has 4 saturated heterocycles. The highest BCUT2D eigenvalue weighted by molar-refractivity contribution is 5.68. The molecular weight excluding hydrogens is 518 g/mol. The fourth-order valence-corrected chi connectivity index (χ4v) is 8.62. The monoisotopic (exact) mass is 573 g/mol. The van der Waals surface area contributed by atoms with Crippen LogP contribution in [0.4, 0.5) is 0 Å². The number of aliphatic carboxylic acids is 1. The van der Waals surface area contributed by atoms with Crippen LogP contribution in [0.1, 0.15) is 103 Å². The number of carboxylic acid groups (broad SMARTS) is 1. The summed E-state index contributed by atoms with van der Waals surface area (Å²) in [6, 6.07) is 1.61. The van der Waals surface area contributed by atoms with Crippen LogP contribution in [0.25, 0.3) is 0 Å². The van der Waals surface area contributed by atoms with Gasteiger partial charge in [-0.25, -0.2) is 0 Å². The van der Waals surface area contributed by atoms with Gasteiger partial charge in [-0.3, -0.25) is 9.69 Å². The Hall–Kier alpha value is -1.21. The second-order valence-corrected chi connectivity index (χ2v) is 14.4. The van der Waals surface area contributed by atoms with Crippen LogP contribution in [0.3, 0.4) is 0 Å². The van der Waals surface area contributed by atoms with E-state index in [0.717, 1.165) is 51.2 Å². The molecule has 2 bridgehead atoms. The molecule has 0 aliphatic carbocycles. The third-order valence-corrected chi connectivity index (χ3v) is 11.1. The number of nitrogens with zero attached hydrogens (tertiary/aromatic N) is 1. The first-order valence-corrected chi connectivity index (χ1v) is 16.6. The second-order valence-electron chi connectivity index (χ2n) is 14.4. The first-order chi connectivity index (χ1) is 19.7. The Kier molecular flexibility index (Phi) is 10.7. The van der Waals surface area contributed by atoms with Gasteiger partial charge in [0, 0.05) is 55.8 Å². The van der Waals surface area contributed by atoms with Gasteiger partial charge in [-0.1, -0.05) is 5.92 Å². The van der Waals surface area contributed by atoms with E-state index in [1.165, 1.54) is 51.5 Å². The van der Waals surface area contributed by atoms with Gasteiger partial charge < -0.3 is 30.7 Å². The first-order valence-electron chi connectivity index (χ1n) is 16.6. The maximum Gasteiger partial charge on any atom is 0.306 e. The number of aliphatic hydroxyl groups excluding tert-OH is 1. The highest BCUT2D eigenvalue weighted by Gasteiger charge is 2.42. The molecule has 0 aromatic rings. The molecule has 0 spiro atoms. The van der Waals surface area contributed by atoms with Crippen LogP contribution in [0.2, 0.25) is 0 Å². The fraction of sp³-hybridized carbons (Fsp3) is 0.909. The van der Waals surface area contributed by atoms with Crippen LogP contribution >= 0.6 is 0 Å². The summed E-state index contributed by atoms with van der Waals surface area (Å²) in [6.07, 6.45) is 14.3. The maximum atomic E-state index is 11.7. The van der Waals surface area contributed by atoms with E-state index in [-0.39, 0.29) is 43.0 Å². The van der Waals surface area contributed by atoms with Crippen molar-refractivity contribution in [2.45, 2.75) is 139 Å². The smallest absolute Gasteiger partial charge is 0.306 e. The predicted molar refractivity (Wildman–Crippen MR) is 159 cm³/mol. The summed E-state index contributed by atoms with van der Waals surface area (Å²) < 4.78 is 6.11. The molecule has 232 valence electrons. The van der Waals surface area contributed by atoms with E-state index in [1.54, 1.807) is 0 Å². The standard InChI is InChI=1S/C33H55N3O5/c1-32-14-15-34-27(20-32)5-2-4-24(18-26(22-37)11-13-33(40,23-35-32)21-31(38)39)7-8-25-12-16-36-28(19-25)9-10-30-29(36)6-3-17-41-30/h24-30,34-35,37,40H,3,5-23H2,1H3,(H,38,39). The zero-order valence-electron chi connectivity index (χ0n) is 25.3. The Morgan fingerprint density at radius 3 is 2.80 bits per heavy atom. The number of β-amino-alcohol motifs (C(OH)–C–C–N with tert-alkyl or cyclic N) is 1. The zero-order chi connectivity index (χ0) is 28.9. The third kappa shape index (κ3) is 8.46. The van der Waals surface area contributed by atoms with E-state index in [9.17, 15) is 20.1 Å². The van der Waals surface area contributed by atoms with Gasteiger partial charge >= 0.3 is 5.97 Å². The lowest BCUT2D eigenvalue weighted by molar-refractivity contribution is -0.143. The minimum absolute atomic E-state index is 0.00852. The number of ether oxygens (including phenoxy) is 1. The first kappa shape index (κ1) is 31.2. The van der Waals surface area contributed by atoms with Crippen molar-refractivity contribution in [3.05, 3.63) is 0 Å². The lowest BCUT2D eigenvalue weighted by Crippen LogP contribution is -2.58. The molecule has 5 rings (SSSR count).